The predicted molar refractivity (Wildman–Crippen MR) is 118 cm³/mol. The van der Waals surface area contributed by atoms with Gasteiger partial charge in [0.25, 0.3) is 11.8 Å². The van der Waals surface area contributed by atoms with Gasteiger partial charge in [0.15, 0.2) is 0 Å². The first-order chi connectivity index (χ1) is 15.4. The summed E-state index contributed by atoms with van der Waals surface area (Å²) < 4.78 is 1.82. The molecule has 3 amide bonds. The van der Waals surface area contributed by atoms with Crippen molar-refractivity contribution >= 4 is 29.2 Å². The largest absolute Gasteiger partial charge is 0.324 e. The van der Waals surface area contributed by atoms with Gasteiger partial charge in [-0.3, -0.25) is 23.7 Å². The molecular formula is C24H19N5O3. The summed E-state index contributed by atoms with van der Waals surface area (Å²) in [5, 5.41) is 2.86. The monoisotopic (exact) mass is 425 g/mol. The molecule has 5 rings (SSSR count). The topological polar surface area (TPSA) is 96.7 Å². The lowest BCUT2D eigenvalue weighted by Gasteiger charge is -2.22. The first-order valence-corrected chi connectivity index (χ1v) is 10.1. The number of nitrogens with zero attached hydrogens (tertiary/aromatic N) is 4. The van der Waals surface area contributed by atoms with Crippen molar-refractivity contribution in [3.63, 3.8) is 0 Å². The van der Waals surface area contributed by atoms with E-state index in [1.807, 2.05) is 48.0 Å². The Hall–Kier alpha value is -4.33. The van der Waals surface area contributed by atoms with E-state index in [9.17, 15) is 14.4 Å². The molecule has 8 nitrogen and oxygen atoms in total. The van der Waals surface area contributed by atoms with Gasteiger partial charge in [-0.15, -0.1) is 0 Å². The minimum absolute atomic E-state index is 0.316. The van der Waals surface area contributed by atoms with E-state index in [4.69, 9.17) is 0 Å². The highest BCUT2D eigenvalue weighted by molar-refractivity contribution is 6.23. The van der Waals surface area contributed by atoms with Crippen molar-refractivity contribution < 1.29 is 14.4 Å². The molecule has 3 heterocycles. The van der Waals surface area contributed by atoms with Crippen molar-refractivity contribution in [2.45, 2.75) is 19.9 Å². The summed E-state index contributed by atoms with van der Waals surface area (Å²) in [6.45, 7) is 3.42. The quantitative estimate of drug-likeness (QED) is 0.506. The van der Waals surface area contributed by atoms with Gasteiger partial charge in [0.1, 0.15) is 6.04 Å². The van der Waals surface area contributed by atoms with Crippen LogP contribution in [0.3, 0.4) is 0 Å². The zero-order valence-electron chi connectivity index (χ0n) is 17.4. The molecule has 8 heteroatoms. The molecule has 0 bridgehead atoms. The first kappa shape index (κ1) is 19.6. The van der Waals surface area contributed by atoms with Gasteiger partial charge in [0, 0.05) is 29.8 Å². The molecule has 158 valence electrons. The molecule has 4 aromatic rings. The third-order valence-corrected chi connectivity index (χ3v) is 5.62. The number of hydrogen-bond donors (Lipinski definition) is 1. The minimum Gasteiger partial charge on any atom is -0.324 e. The lowest BCUT2D eigenvalue weighted by molar-refractivity contribution is -0.119. The summed E-state index contributed by atoms with van der Waals surface area (Å²) in [6, 6.07) is 13.1. The second kappa shape index (κ2) is 7.42. The van der Waals surface area contributed by atoms with Crippen molar-refractivity contribution in [3.8, 4) is 11.3 Å². The third-order valence-electron chi connectivity index (χ3n) is 5.62. The second-order valence-electron chi connectivity index (χ2n) is 7.67. The molecule has 0 radical (unpaired) electrons. The number of aryl methyl sites for hydroxylation is 1. The Morgan fingerprint density at radius 1 is 1.03 bits per heavy atom. The molecule has 0 saturated carbocycles. The van der Waals surface area contributed by atoms with Gasteiger partial charge in [-0.25, -0.2) is 9.97 Å². The highest BCUT2D eigenvalue weighted by atomic mass is 16.2. The lowest BCUT2D eigenvalue weighted by atomic mass is 10.1. The molecule has 1 aliphatic rings. The van der Waals surface area contributed by atoms with Gasteiger partial charge in [-0.1, -0.05) is 24.3 Å². The first-order valence-electron chi connectivity index (χ1n) is 10.1. The maximum atomic E-state index is 13.0. The number of carbonyl (C=O) groups excluding carboxylic acids is 3. The summed E-state index contributed by atoms with van der Waals surface area (Å²) in [7, 11) is 0. The number of carbonyl (C=O) groups is 3. The Labute approximate surface area is 183 Å². The number of amides is 3. The average molecular weight is 425 g/mol. The van der Waals surface area contributed by atoms with Gasteiger partial charge < -0.3 is 5.32 Å². The Balaban J connectivity index is 1.40. The van der Waals surface area contributed by atoms with Gasteiger partial charge in [-0.05, 0) is 43.7 Å². The molecule has 2 aromatic carbocycles. The Morgan fingerprint density at radius 2 is 1.75 bits per heavy atom. The van der Waals surface area contributed by atoms with E-state index in [1.165, 1.54) is 0 Å². The standard InChI is InChI=1S/C24H19N5O3/c1-14-8-9-16(20-13-28-11-5-10-25-24(28)27-20)12-19(14)26-21(30)15(2)29-22(31)17-6-3-4-7-18(17)23(29)32/h3-13,15H,1-2H3,(H,26,30)/t15-/m0/s1. The number of nitrogens with one attached hydrogen (secondary N) is 1. The number of aromatic nitrogens is 3. The lowest BCUT2D eigenvalue weighted by Crippen LogP contribution is -2.45. The Kier molecular flexibility index (Phi) is 4.55. The summed E-state index contributed by atoms with van der Waals surface area (Å²) in [4.78, 5) is 48.2. The molecule has 1 aliphatic heterocycles. The highest BCUT2D eigenvalue weighted by Gasteiger charge is 2.40. The fourth-order valence-corrected chi connectivity index (χ4v) is 3.80. The smallest absolute Gasteiger partial charge is 0.262 e. The molecule has 1 N–H and O–H groups in total. The zero-order valence-corrected chi connectivity index (χ0v) is 17.4. The van der Waals surface area contributed by atoms with Crippen LogP contribution in [0, 0.1) is 6.92 Å². The summed E-state index contributed by atoms with van der Waals surface area (Å²) in [5.41, 5.74) is 3.59. The molecule has 0 fully saturated rings. The predicted octanol–water partition coefficient (Wildman–Crippen LogP) is 3.33. The maximum Gasteiger partial charge on any atom is 0.262 e. The van der Waals surface area contributed by atoms with Gasteiger partial charge in [0.05, 0.1) is 16.8 Å². The third kappa shape index (κ3) is 3.13. The van der Waals surface area contributed by atoms with Crippen LogP contribution in [0.15, 0.2) is 67.1 Å². The number of imide groups is 1. The van der Waals surface area contributed by atoms with Gasteiger partial charge in [0.2, 0.25) is 11.7 Å². The van der Waals surface area contributed by atoms with Gasteiger partial charge >= 0.3 is 0 Å². The Bertz CT molecular complexity index is 1340. The van der Waals surface area contributed by atoms with Crippen LogP contribution in [0.2, 0.25) is 0 Å². The average Bonchev–Trinajstić information content (AvgIpc) is 3.34. The van der Waals surface area contributed by atoms with Crippen LogP contribution in [0.5, 0.6) is 0 Å². The molecule has 32 heavy (non-hydrogen) atoms. The molecule has 0 spiro atoms. The molecule has 0 unspecified atom stereocenters. The van der Waals surface area contributed by atoms with E-state index in [1.54, 1.807) is 37.4 Å². The van der Waals surface area contributed by atoms with Crippen molar-refractivity contribution in [2.75, 3.05) is 5.32 Å². The number of imidazole rings is 1. The van der Waals surface area contributed by atoms with E-state index < -0.39 is 23.8 Å². The van der Waals surface area contributed by atoms with Crippen LogP contribution < -0.4 is 5.32 Å². The van der Waals surface area contributed by atoms with Crippen LogP contribution in [0.25, 0.3) is 17.0 Å². The number of benzene rings is 2. The highest BCUT2D eigenvalue weighted by Crippen LogP contribution is 2.27. The minimum atomic E-state index is -0.968. The summed E-state index contributed by atoms with van der Waals surface area (Å²) >= 11 is 0. The van der Waals surface area contributed by atoms with Crippen LogP contribution in [0.1, 0.15) is 33.2 Å². The SMILES string of the molecule is Cc1ccc(-c2cn3cccnc3n2)cc1NC(=O)[C@H](C)N1C(=O)c2ccccc2C1=O. The van der Waals surface area contributed by atoms with Crippen molar-refractivity contribution in [1.82, 2.24) is 19.3 Å². The summed E-state index contributed by atoms with van der Waals surface area (Å²) in [6.07, 6.45) is 5.40. The van der Waals surface area contributed by atoms with Gasteiger partial charge in [-0.2, -0.15) is 0 Å². The van der Waals surface area contributed by atoms with E-state index >= 15 is 0 Å². The molecule has 0 aliphatic carbocycles. The molecule has 2 aromatic heterocycles. The number of hydrogen-bond acceptors (Lipinski definition) is 5. The van der Waals surface area contributed by atoms with Crippen molar-refractivity contribution in [3.05, 3.63) is 83.8 Å². The normalized spacial score (nSPS) is 14.0. The van der Waals surface area contributed by atoms with Crippen LogP contribution >= 0.6 is 0 Å². The molecular weight excluding hydrogens is 406 g/mol. The van der Waals surface area contributed by atoms with E-state index in [0.717, 1.165) is 16.0 Å². The fourth-order valence-electron chi connectivity index (χ4n) is 3.80. The number of rotatable bonds is 4. The molecule has 0 saturated heterocycles. The van der Waals surface area contributed by atoms with E-state index in [-0.39, 0.29) is 0 Å². The van der Waals surface area contributed by atoms with Crippen LogP contribution in [-0.4, -0.2) is 43.0 Å². The Morgan fingerprint density at radius 3 is 2.44 bits per heavy atom. The number of anilines is 1. The fraction of sp³-hybridized carbons (Fsp3) is 0.125. The second-order valence-corrected chi connectivity index (χ2v) is 7.67. The van der Waals surface area contributed by atoms with Crippen LogP contribution in [0.4, 0.5) is 5.69 Å². The van der Waals surface area contributed by atoms with Crippen molar-refractivity contribution in [1.29, 1.82) is 0 Å². The van der Waals surface area contributed by atoms with Crippen LogP contribution in [-0.2, 0) is 4.79 Å². The maximum absolute atomic E-state index is 13.0. The van der Waals surface area contributed by atoms with E-state index in [2.05, 4.69) is 15.3 Å². The zero-order chi connectivity index (χ0) is 22.4. The number of fused-ring (bicyclic) bond motifs is 2. The molecule has 1 atom stereocenters. The summed E-state index contributed by atoms with van der Waals surface area (Å²) in [5.74, 6) is -0.795. The van der Waals surface area contributed by atoms with Crippen molar-refractivity contribution in [2.24, 2.45) is 0 Å². The van der Waals surface area contributed by atoms with E-state index in [0.29, 0.717) is 28.3 Å².